The fourth-order valence-corrected chi connectivity index (χ4v) is 6.44. The average molecular weight is 325 g/mol. The van der Waals surface area contributed by atoms with Crippen molar-refractivity contribution < 1.29 is 14.9 Å². The van der Waals surface area contributed by atoms with Crippen LogP contribution in [0.25, 0.3) is 0 Å². The largest absolute Gasteiger partial charge is 0.394 e. The summed E-state index contributed by atoms with van der Waals surface area (Å²) in [6.07, 6.45) is 7.85. The van der Waals surface area contributed by atoms with Crippen LogP contribution in [0.4, 0.5) is 0 Å². The van der Waals surface area contributed by atoms with Crippen LogP contribution in [0.15, 0.2) is 0 Å². The Bertz CT molecular complexity index is 458. The lowest BCUT2D eigenvalue weighted by Crippen LogP contribution is -2.57. The molecule has 3 fully saturated rings. The molecule has 2 saturated carbocycles. The third-order valence-electron chi connectivity index (χ3n) is 7.89. The first-order chi connectivity index (χ1) is 10.6. The number of aliphatic hydroxyl groups is 2. The van der Waals surface area contributed by atoms with Crippen LogP contribution in [0.3, 0.4) is 0 Å². The maximum Gasteiger partial charge on any atom is 0.110 e. The lowest BCUT2D eigenvalue weighted by atomic mass is 9.45. The molecule has 23 heavy (non-hydrogen) atoms. The Morgan fingerprint density at radius 2 is 1.74 bits per heavy atom. The van der Waals surface area contributed by atoms with Gasteiger partial charge >= 0.3 is 0 Å². The van der Waals surface area contributed by atoms with Crippen molar-refractivity contribution in [1.82, 2.24) is 0 Å². The topological polar surface area (TPSA) is 53.0 Å². The summed E-state index contributed by atoms with van der Waals surface area (Å²) in [6.45, 7) is 11.6. The van der Waals surface area contributed by atoms with Crippen molar-refractivity contribution in [3.05, 3.63) is 0 Å². The van der Waals surface area contributed by atoms with E-state index in [1.807, 2.05) is 0 Å². The van der Waals surface area contributed by atoms with Crippen LogP contribution >= 0.6 is 0 Å². The van der Waals surface area contributed by atoms with Gasteiger partial charge in [0.15, 0.2) is 0 Å². The summed E-state index contributed by atoms with van der Waals surface area (Å²) in [5.41, 5.74) is -0.129. The van der Waals surface area contributed by atoms with Crippen molar-refractivity contribution >= 4 is 0 Å². The highest BCUT2D eigenvalue weighted by Crippen LogP contribution is 2.63. The van der Waals surface area contributed by atoms with E-state index in [0.717, 1.165) is 25.7 Å². The van der Waals surface area contributed by atoms with Gasteiger partial charge in [0.1, 0.15) is 6.10 Å². The van der Waals surface area contributed by atoms with Crippen LogP contribution in [-0.4, -0.2) is 34.1 Å². The highest BCUT2D eigenvalue weighted by atomic mass is 16.6. The van der Waals surface area contributed by atoms with Crippen molar-refractivity contribution in [2.45, 2.75) is 96.9 Å². The van der Waals surface area contributed by atoms with Crippen LogP contribution in [0.5, 0.6) is 0 Å². The van der Waals surface area contributed by atoms with Gasteiger partial charge in [0.05, 0.1) is 17.8 Å². The zero-order valence-corrected chi connectivity index (χ0v) is 15.7. The number of ether oxygens (including phenoxy) is 1. The summed E-state index contributed by atoms with van der Waals surface area (Å²) in [6, 6.07) is 0. The van der Waals surface area contributed by atoms with Gasteiger partial charge in [-0.2, -0.15) is 0 Å². The molecule has 2 N–H and O–H groups in total. The molecule has 3 rings (SSSR count). The van der Waals surface area contributed by atoms with Gasteiger partial charge in [-0.15, -0.1) is 0 Å². The van der Waals surface area contributed by atoms with Crippen LogP contribution in [0.2, 0.25) is 0 Å². The third-order valence-corrected chi connectivity index (χ3v) is 7.89. The van der Waals surface area contributed by atoms with E-state index in [1.165, 1.54) is 19.3 Å². The van der Waals surface area contributed by atoms with Gasteiger partial charge in [0.2, 0.25) is 0 Å². The Balaban J connectivity index is 1.80. The van der Waals surface area contributed by atoms with E-state index in [4.69, 9.17) is 4.74 Å². The molecular weight excluding hydrogens is 288 g/mol. The summed E-state index contributed by atoms with van der Waals surface area (Å²) in [5.74, 6) is 1.03. The second-order valence-corrected chi connectivity index (χ2v) is 9.99. The predicted octanol–water partition coefficient (Wildman–Crippen LogP) is 3.91. The molecule has 6 atom stereocenters. The molecule has 1 saturated heterocycles. The van der Waals surface area contributed by atoms with E-state index in [0.29, 0.717) is 17.3 Å². The Hall–Kier alpha value is -0.120. The first-order valence-corrected chi connectivity index (χ1v) is 9.56. The van der Waals surface area contributed by atoms with Crippen molar-refractivity contribution in [1.29, 1.82) is 0 Å². The summed E-state index contributed by atoms with van der Waals surface area (Å²) in [7, 11) is 0. The number of hydrogen-bond acceptors (Lipinski definition) is 3. The van der Waals surface area contributed by atoms with Gasteiger partial charge in [-0.3, -0.25) is 0 Å². The molecule has 1 aliphatic heterocycles. The van der Waals surface area contributed by atoms with E-state index in [2.05, 4.69) is 34.6 Å². The molecule has 0 aromatic rings. The standard InChI is InChI=1S/C20H36O3/c1-17(2)9-6-10-18(3)14(17)7-11-19(4,22)15(18)8-12-20(5)16(13-21)23-20/h14-16,21-22H,6-13H2,1-5H3. The second kappa shape index (κ2) is 5.44. The molecule has 1 heterocycles. The molecule has 3 nitrogen and oxygen atoms in total. The van der Waals surface area contributed by atoms with Gasteiger partial charge in [0.25, 0.3) is 0 Å². The van der Waals surface area contributed by atoms with Gasteiger partial charge in [-0.05, 0) is 75.0 Å². The molecule has 0 bridgehead atoms. The third kappa shape index (κ3) is 2.87. The van der Waals surface area contributed by atoms with Crippen LogP contribution < -0.4 is 0 Å². The van der Waals surface area contributed by atoms with Crippen LogP contribution in [0.1, 0.15) is 79.6 Å². The Morgan fingerprint density at radius 3 is 2.35 bits per heavy atom. The Kier molecular flexibility index (Phi) is 4.18. The fraction of sp³-hybridized carbons (Fsp3) is 1.00. The smallest absolute Gasteiger partial charge is 0.110 e. The molecule has 3 aliphatic rings. The highest BCUT2D eigenvalue weighted by Gasteiger charge is 2.59. The number of epoxide rings is 1. The average Bonchev–Trinajstić information content (AvgIpc) is 3.07. The van der Waals surface area contributed by atoms with E-state index >= 15 is 0 Å². The first-order valence-electron chi connectivity index (χ1n) is 9.56. The van der Waals surface area contributed by atoms with Gasteiger partial charge in [-0.25, -0.2) is 0 Å². The first kappa shape index (κ1) is 17.7. The maximum absolute atomic E-state index is 11.2. The summed E-state index contributed by atoms with van der Waals surface area (Å²) in [4.78, 5) is 0. The predicted molar refractivity (Wildman–Crippen MR) is 92.2 cm³/mol. The lowest BCUT2D eigenvalue weighted by molar-refractivity contribution is -0.170. The molecule has 2 aliphatic carbocycles. The lowest BCUT2D eigenvalue weighted by Gasteiger charge is -2.61. The highest BCUT2D eigenvalue weighted by molar-refractivity contribution is 5.09. The monoisotopic (exact) mass is 324 g/mol. The zero-order valence-electron chi connectivity index (χ0n) is 15.7. The minimum atomic E-state index is -0.571. The van der Waals surface area contributed by atoms with Crippen molar-refractivity contribution in [3.63, 3.8) is 0 Å². The Labute approximate surface area is 141 Å². The summed E-state index contributed by atoms with van der Waals surface area (Å²) < 4.78 is 5.69. The molecule has 0 radical (unpaired) electrons. The van der Waals surface area contributed by atoms with Crippen LogP contribution in [0, 0.1) is 22.7 Å². The number of fused-ring (bicyclic) bond motifs is 1. The van der Waals surface area contributed by atoms with E-state index in [1.54, 1.807) is 0 Å². The Morgan fingerprint density at radius 1 is 1.04 bits per heavy atom. The van der Waals surface area contributed by atoms with Crippen molar-refractivity contribution in [3.8, 4) is 0 Å². The van der Waals surface area contributed by atoms with E-state index < -0.39 is 5.60 Å². The summed E-state index contributed by atoms with van der Waals surface area (Å²) in [5, 5.41) is 20.5. The van der Waals surface area contributed by atoms with Gasteiger partial charge in [-0.1, -0.05) is 27.2 Å². The number of aliphatic hydroxyl groups excluding tert-OH is 1. The molecule has 6 unspecified atom stereocenters. The van der Waals surface area contributed by atoms with Gasteiger partial charge in [0, 0.05) is 0 Å². The molecule has 0 aromatic heterocycles. The fourth-order valence-electron chi connectivity index (χ4n) is 6.44. The van der Waals surface area contributed by atoms with Gasteiger partial charge < -0.3 is 14.9 Å². The SMILES string of the molecule is CC1(C)CCCC2(C)C1CCC(C)(O)C2CCC1(C)OC1CO. The van der Waals surface area contributed by atoms with Crippen LogP contribution in [-0.2, 0) is 4.74 Å². The number of rotatable bonds is 4. The quantitative estimate of drug-likeness (QED) is 0.771. The van der Waals surface area contributed by atoms with E-state index in [9.17, 15) is 10.2 Å². The number of hydrogen-bond donors (Lipinski definition) is 2. The molecule has 3 heteroatoms. The molecular formula is C20H36O3. The molecule has 0 spiro atoms. The second-order valence-electron chi connectivity index (χ2n) is 9.99. The minimum Gasteiger partial charge on any atom is -0.394 e. The summed E-state index contributed by atoms with van der Waals surface area (Å²) >= 11 is 0. The molecule has 134 valence electrons. The normalized spacial score (nSPS) is 52.0. The zero-order chi connectivity index (χ0) is 17.1. The maximum atomic E-state index is 11.2. The van der Waals surface area contributed by atoms with E-state index in [-0.39, 0.29) is 23.7 Å². The van der Waals surface area contributed by atoms with Crippen molar-refractivity contribution in [2.24, 2.45) is 22.7 Å². The molecule has 0 amide bonds. The minimum absolute atomic E-state index is 0.00226. The van der Waals surface area contributed by atoms with Crippen molar-refractivity contribution in [2.75, 3.05) is 6.61 Å². The molecule has 0 aromatic carbocycles.